The lowest BCUT2D eigenvalue weighted by Crippen LogP contribution is -2.07. The van der Waals surface area contributed by atoms with Crippen LogP contribution in [0.3, 0.4) is 0 Å². The molecule has 1 N–H and O–H groups in total. The second-order valence-electron chi connectivity index (χ2n) is 6.99. The number of anilines is 1. The maximum Gasteiger partial charge on any atom is 0.247 e. The number of halogens is 1. The molecule has 0 saturated carbocycles. The molecule has 4 rings (SSSR count). The van der Waals surface area contributed by atoms with Gasteiger partial charge >= 0.3 is 0 Å². The number of nitrogens with zero attached hydrogens (tertiary/aromatic N) is 4. The number of fused-ring (bicyclic) bond motifs is 1. The molecule has 0 saturated heterocycles. The Balaban J connectivity index is 1.65. The number of aromatic nitrogens is 4. The van der Waals surface area contributed by atoms with Crippen molar-refractivity contribution in [3.8, 4) is 17.1 Å². The maximum absolute atomic E-state index is 13.1. The number of sulfone groups is 1. The van der Waals surface area contributed by atoms with Gasteiger partial charge in [-0.1, -0.05) is 24.3 Å². The fourth-order valence-corrected chi connectivity index (χ4v) is 3.62. The van der Waals surface area contributed by atoms with E-state index >= 15 is 0 Å². The van der Waals surface area contributed by atoms with Crippen LogP contribution >= 0.6 is 0 Å². The second-order valence-corrected chi connectivity index (χ2v) is 9.01. The van der Waals surface area contributed by atoms with Gasteiger partial charge < -0.3 is 10.1 Å². The number of hydrogen-bond acceptors (Lipinski definition) is 8. The normalized spacial score (nSPS) is 11.5. The summed E-state index contributed by atoms with van der Waals surface area (Å²) < 4.78 is 42.1. The third-order valence-corrected chi connectivity index (χ3v) is 5.73. The Morgan fingerprint density at radius 1 is 1.00 bits per heavy atom. The van der Waals surface area contributed by atoms with Crippen LogP contribution in [-0.4, -0.2) is 41.2 Å². The molecule has 0 unspecified atom stereocenters. The van der Waals surface area contributed by atoms with Gasteiger partial charge in [0.1, 0.15) is 5.82 Å². The van der Waals surface area contributed by atoms with E-state index in [1.54, 1.807) is 30.5 Å². The van der Waals surface area contributed by atoms with Crippen molar-refractivity contribution >= 4 is 26.9 Å². The minimum absolute atomic E-state index is 0.227. The van der Waals surface area contributed by atoms with E-state index in [0.29, 0.717) is 41.5 Å². The number of ether oxygens (including phenoxy) is 1. The fourth-order valence-electron chi connectivity index (χ4n) is 2.99. The molecule has 0 amide bonds. The van der Waals surface area contributed by atoms with Crippen LogP contribution < -0.4 is 10.1 Å². The van der Waals surface area contributed by atoms with E-state index in [9.17, 15) is 12.8 Å². The van der Waals surface area contributed by atoms with Crippen LogP contribution in [0, 0.1) is 5.82 Å². The molecule has 2 aromatic carbocycles. The highest BCUT2D eigenvalue weighted by atomic mass is 32.2. The summed E-state index contributed by atoms with van der Waals surface area (Å²) in [5.74, 6) is 0.289. The second kappa shape index (κ2) is 8.83. The highest BCUT2D eigenvalue weighted by molar-refractivity contribution is 7.90. The van der Waals surface area contributed by atoms with E-state index in [-0.39, 0.29) is 16.6 Å². The summed E-state index contributed by atoms with van der Waals surface area (Å²) in [6.45, 7) is 2.61. The van der Waals surface area contributed by atoms with Gasteiger partial charge in [-0.15, -0.1) is 0 Å². The van der Waals surface area contributed by atoms with E-state index in [2.05, 4.69) is 25.3 Å². The van der Waals surface area contributed by atoms with Crippen LogP contribution in [0.25, 0.3) is 22.4 Å². The van der Waals surface area contributed by atoms with Gasteiger partial charge in [-0.05, 0) is 36.8 Å². The van der Waals surface area contributed by atoms with Crippen LogP contribution in [0.2, 0.25) is 0 Å². The van der Waals surface area contributed by atoms with Crippen molar-refractivity contribution in [1.29, 1.82) is 0 Å². The molecule has 32 heavy (non-hydrogen) atoms. The summed E-state index contributed by atoms with van der Waals surface area (Å²) in [4.78, 5) is 18.0. The van der Waals surface area contributed by atoms with E-state index in [1.165, 1.54) is 24.3 Å². The minimum atomic E-state index is -3.28. The number of benzene rings is 2. The van der Waals surface area contributed by atoms with Gasteiger partial charge in [-0.3, -0.25) is 0 Å². The molecule has 0 atom stereocenters. The Bertz CT molecular complexity index is 1360. The molecule has 0 aliphatic rings. The first-order valence-electron chi connectivity index (χ1n) is 9.80. The zero-order valence-electron chi connectivity index (χ0n) is 17.4. The van der Waals surface area contributed by atoms with Crippen molar-refractivity contribution < 1.29 is 17.5 Å². The molecular formula is C22H20FN5O3S. The molecule has 0 bridgehead atoms. The van der Waals surface area contributed by atoms with E-state index in [0.717, 1.165) is 11.8 Å². The monoisotopic (exact) mass is 453 g/mol. The first-order chi connectivity index (χ1) is 15.3. The van der Waals surface area contributed by atoms with Gasteiger partial charge in [0.2, 0.25) is 11.8 Å². The zero-order chi connectivity index (χ0) is 22.7. The van der Waals surface area contributed by atoms with Crippen molar-refractivity contribution in [1.82, 2.24) is 19.9 Å². The zero-order valence-corrected chi connectivity index (χ0v) is 18.2. The topological polar surface area (TPSA) is 107 Å². The van der Waals surface area contributed by atoms with E-state index < -0.39 is 9.84 Å². The lowest BCUT2D eigenvalue weighted by Gasteiger charge is -2.10. The molecule has 0 radical (unpaired) electrons. The van der Waals surface area contributed by atoms with Gasteiger partial charge in [0.15, 0.2) is 21.0 Å². The summed E-state index contributed by atoms with van der Waals surface area (Å²) in [5.41, 5.74) is 2.85. The molecule has 4 aromatic rings. The smallest absolute Gasteiger partial charge is 0.247 e. The van der Waals surface area contributed by atoms with Gasteiger partial charge in [-0.25, -0.2) is 22.8 Å². The summed E-state index contributed by atoms with van der Waals surface area (Å²) in [7, 11) is -3.28. The third kappa shape index (κ3) is 4.80. The molecule has 0 fully saturated rings. The van der Waals surface area contributed by atoms with Crippen LogP contribution in [0.15, 0.2) is 59.6 Å². The van der Waals surface area contributed by atoms with Crippen LogP contribution in [-0.2, 0) is 16.4 Å². The number of rotatable bonds is 7. The Kier molecular flexibility index (Phi) is 5.95. The molecule has 164 valence electrons. The summed E-state index contributed by atoms with van der Waals surface area (Å²) in [5, 5.41) is 3.09. The van der Waals surface area contributed by atoms with Crippen molar-refractivity contribution in [2.75, 3.05) is 18.2 Å². The molecule has 2 aromatic heterocycles. The highest BCUT2D eigenvalue weighted by Crippen LogP contribution is 2.26. The molecule has 0 spiro atoms. The quantitative estimate of drug-likeness (QED) is 0.452. The van der Waals surface area contributed by atoms with Crippen LogP contribution in [0.5, 0.6) is 5.88 Å². The molecule has 8 nitrogen and oxygen atoms in total. The van der Waals surface area contributed by atoms with Crippen LogP contribution in [0.4, 0.5) is 10.3 Å². The SMILES string of the molecule is CCOc1nc(NCc2ccc(F)cc2)nc2ncc(-c3ccc(S(C)(=O)=O)cc3)nc12. The third-order valence-electron chi connectivity index (χ3n) is 4.60. The summed E-state index contributed by atoms with van der Waals surface area (Å²) in [6, 6.07) is 12.5. The Morgan fingerprint density at radius 2 is 1.72 bits per heavy atom. The largest absolute Gasteiger partial charge is 0.476 e. The number of hydrogen-bond donors (Lipinski definition) is 1. The molecule has 0 aliphatic carbocycles. The summed E-state index contributed by atoms with van der Waals surface area (Å²) >= 11 is 0. The molecule has 10 heteroatoms. The Hall–Kier alpha value is -3.66. The van der Waals surface area contributed by atoms with Gasteiger partial charge in [0, 0.05) is 18.4 Å². The molecular weight excluding hydrogens is 433 g/mol. The van der Waals surface area contributed by atoms with E-state index in [1.807, 2.05) is 6.92 Å². The predicted octanol–water partition coefficient (Wildman–Crippen LogP) is 3.64. The number of nitrogens with one attached hydrogen (secondary N) is 1. The lowest BCUT2D eigenvalue weighted by molar-refractivity contribution is 0.330. The molecule has 2 heterocycles. The maximum atomic E-state index is 13.1. The van der Waals surface area contributed by atoms with E-state index in [4.69, 9.17) is 4.74 Å². The highest BCUT2D eigenvalue weighted by Gasteiger charge is 2.14. The van der Waals surface area contributed by atoms with Crippen molar-refractivity contribution in [2.24, 2.45) is 0 Å². The molecule has 0 aliphatic heterocycles. The fraction of sp³-hybridized carbons (Fsp3) is 0.182. The average molecular weight is 453 g/mol. The first kappa shape index (κ1) is 21.6. The summed E-state index contributed by atoms with van der Waals surface area (Å²) in [6.07, 6.45) is 2.72. The van der Waals surface area contributed by atoms with Crippen molar-refractivity contribution in [3.63, 3.8) is 0 Å². The van der Waals surface area contributed by atoms with Gasteiger partial charge in [0.25, 0.3) is 0 Å². The Morgan fingerprint density at radius 3 is 2.38 bits per heavy atom. The Labute approximate surface area is 184 Å². The predicted molar refractivity (Wildman–Crippen MR) is 119 cm³/mol. The van der Waals surface area contributed by atoms with Crippen LogP contribution in [0.1, 0.15) is 12.5 Å². The average Bonchev–Trinajstić information content (AvgIpc) is 2.78. The van der Waals surface area contributed by atoms with Gasteiger partial charge in [0.05, 0.1) is 23.4 Å². The van der Waals surface area contributed by atoms with Gasteiger partial charge in [-0.2, -0.15) is 9.97 Å². The van der Waals surface area contributed by atoms with Crippen molar-refractivity contribution in [3.05, 3.63) is 66.1 Å². The standard InChI is InChI=1S/C22H20FN5O3S/c1-3-31-21-19-20(27-22(28-21)25-12-14-4-8-16(23)9-5-14)24-13-18(26-19)15-6-10-17(11-7-15)32(2,29)30/h4-11,13H,3,12H2,1-2H3,(H,24,25,27,28). The first-order valence-corrected chi connectivity index (χ1v) is 11.7. The minimum Gasteiger partial charge on any atom is -0.476 e. The van der Waals surface area contributed by atoms with Crippen molar-refractivity contribution in [2.45, 2.75) is 18.4 Å². The lowest BCUT2D eigenvalue weighted by atomic mass is 10.1.